The number of benzene rings is 4. The lowest BCUT2D eigenvalue weighted by Crippen LogP contribution is -2.51. The Bertz CT molecular complexity index is 3670. The quantitative estimate of drug-likeness (QED) is 0.0816. The van der Waals surface area contributed by atoms with Gasteiger partial charge in [0.2, 0.25) is 12.3 Å². The van der Waals surface area contributed by atoms with Crippen LogP contribution in [0.1, 0.15) is 95.0 Å². The number of piperazine rings is 1. The summed E-state index contributed by atoms with van der Waals surface area (Å²) in [6.45, 7) is 11.6. The third-order valence-corrected chi connectivity index (χ3v) is 17.3. The lowest BCUT2D eigenvalue weighted by molar-refractivity contribution is -0.137. The number of carbonyl (C=O) groups is 2. The lowest BCUT2D eigenvalue weighted by Gasteiger charge is -2.34. The van der Waals surface area contributed by atoms with Gasteiger partial charge >= 0.3 is 6.01 Å². The van der Waals surface area contributed by atoms with Crippen LogP contribution in [0.15, 0.2) is 91.4 Å². The van der Waals surface area contributed by atoms with Crippen molar-refractivity contribution < 1.29 is 32.6 Å². The molecule has 17 nitrogen and oxygen atoms in total. The Morgan fingerprint density at radius 2 is 1.72 bits per heavy atom. The number of fused-ring (bicyclic) bond motifs is 4. The van der Waals surface area contributed by atoms with Crippen molar-refractivity contribution in [3.05, 3.63) is 125 Å². The summed E-state index contributed by atoms with van der Waals surface area (Å²) in [4.78, 5) is 42.2. The number of carbonyl (C=O) groups excluding carboxylic acids is 2. The van der Waals surface area contributed by atoms with Crippen LogP contribution in [-0.4, -0.2) is 104 Å². The van der Waals surface area contributed by atoms with Crippen molar-refractivity contribution in [2.24, 2.45) is 5.92 Å². The van der Waals surface area contributed by atoms with Crippen LogP contribution >= 0.6 is 22.9 Å². The van der Waals surface area contributed by atoms with Gasteiger partial charge in [0.25, 0.3) is 0 Å². The number of nitrogens with two attached hydrogens (primary N) is 1. The van der Waals surface area contributed by atoms with Crippen molar-refractivity contribution in [2.75, 3.05) is 43.5 Å². The number of nitrogens with zero attached hydrogens (tertiary/aromatic N) is 9. The van der Waals surface area contributed by atoms with E-state index in [2.05, 4.69) is 43.8 Å². The largest absolute Gasteiger partial charge is 0.486 e. The summed E-state index contributed by atoms with van der Waals surface area (Å²) >= 11 is 8.41. The third-order valence-electron chi connectivity index (χ3n) is 16.0. The second kappa shape index (κ2) is 24.3. The molecule has 5 atom stereocenters. The van der Waals surface area contributed by atoms with E-state index in [1.165, 1.54) is 12.3 Å². The van der Waals surface area contributed by atoms with E-state index in [4.69, 9.17) is 41.5 Å². The number of rotatable bonds is 15. The number of nitrogen functional groups attached to an aromatic ring is 1. The number of hydrogen-bond donors (Lipinski definition) is 3. The molecule has 0 spiro atoms. The number of ether oxygens (including phenoxy) is 3. The van der Waals surface area contributed by atoms with E-state index in [9.17, 15) is 19.2 Å². The molecule has 0 radical (unpaired) electrons. The van der Waals surface area contributed by atoms with Crippen molar-refractivity contribution in [1.82, 2.24) is 45.5 Å². The second-order valence-corrected chi connectivity index (χ2v) is 23.2. The molecule has 0 aliphatic carbocycles. The number of halogens is 3. The molecule has 2 amide bonds. The van der Waals surface area contributed by atoms with Gasteiger partial charge in [-0.3, -0.25) is 14.6 Å². The normalized spacial score (nSPS) is 18.7. The molecule has 4 aromatic heterocycles. The van der Waals surface area contributed by atoms with E-state index in [1.54, 1.807) is 23.0 Å². The minimum atomic E-state index is -0.492. The predicted molar refractivity (Wildman–Crippen MR) is 312 cm³/mol. The summed E-state index contributed by atoms with van der Waals surface area (Å²) in [5, 5.41) is 27.2. The highest BCUT2D eigenvalue weighted by molar-refractivity contribution is 7.23. The second-order valence-electron chi connectivity index (χ2n) is 21.8. The molecule has 2 bridgehead atoms. The number of anilines is 2. The number of aromatic nitrogens is 6. The zero-order chi connectivity index (χ0) is 57.2. The highest BCUT2D eigenvalue weighted by atomic mass is 35.5. The minimum absolute atomic E-state index is 0.0225. The molecule has 8 aromatic rings. The Hall–Kier alpha value is -7.83. The van der Waals surface area contributed by atoms with Crippen molar-refractivity contribution in [2.45, 2.75) is 109 Å². The van der Waals surface area contributed by atoms with E-state index in [1.807, 2.05) is 86.5 Å². The topological polar surface area (TPSA) is 212 Å². The van der Waals surface area contributed by atoms with Gasteiger partial charge in [-0.05, 0) is 85.9 Å². The maximum Gasteiger partial charge on any atom is 0.319 e. The molecule has 4 aromatic carbocycles. The number of hydrogen-bond acceptors (Lipinski definition) is 15. The van der Waals surface area contributed by atoms with Gasteiger partial charge in [0.15, 0.2) is 5.75 Å². The molecule has 4 fully saturated rings. The summed E-state index contributed by atoms with van der Waals surface area (Å²) in [5.41, 5.74) is 12.5. The molecule has 5 unspecified atom stereocenters. The SMILES string of the molecule is CC(C)C(C(=O)N1CCCC1C)n1cc(-c2ccc(COc3c(-c4ccc(F)c5sc(N)c(C#N)c45)c(Cl)cc4c(N5CC6CCC(C5)N6)nc(OC5CCOCC5)nc34)cc2)nn1.CC(NC=O)c1ccc(-c2ccncc2F)cc1. The lowest BCUT2D eigenvalue weighted by atomic mass is 9.96. The number of pyridine rings is 1. The highest BCUT2D eigenvalue weighted by Crippen LogP contribution is 2.50. The zero-order valence-corrected chi connectivity index (χ0v) is 47.5. The highest BCUT2D eigenvalue weighted by Gasteiger charge is 2.37. The summed E-state index contributed by atoms with van der Waals surface area (Å²) in [5.74, 6) is 0.294. The van der Waals surface area contributed by atoms with E-state index < -0.39 is 11.9 Å². The van der Waals surface area contributed by atoms with Crippen molar-refractivity contribution in [1.29, 1.82) is 5.26 Å². The predicted octanol–water partition coefficient (Wildman–Crippen LogP) is 11.0. The summed E-state index contributed by atoms with van der Waals surface area (Å²) in [6.07, 6.45) is 10.7. The van der Waals surface area contributed by atoms with Gasteiger partial charge in [-0.2, -0.15) is 15.2 Å². The van der Waals surface area contributed by atoms with Gasteiger partial charge in [-0.1, -0.05) is 85.3 Å². The Kier molecular flexibility index (Phi) is 16.6. The average molecular weight is 1150 g/mol. The van der Waals surface area contributed by atoms with Crippen LogP contribution < -0.4 is 30.7 Å². The first-order valence-corrected chi connectivity index (χ1v) is 29.0. The van der Waals surface area contributed by atoms with E-state index >= 15 is 4.39 Å². The third kappa shape index (κ3) is 11.5. The summed E-state index contributed by atoms with van der Waals surface area (Å²) in [6, 6.07) is 24.4. The summed E-state index contributed by atoms with van der Waals surface area (Å²) < 4.78 is 50.0. The average Bonchev–Trinajstić information content (AvgIpc) is 4.43. The first-order valence-electron chi connectivity index (χ1n) is 27.8. The van der Waals surface area contributed by atoms with Crippen LogP contribution in [0.4, 0.5) is 19.6 Å². The Morgan fingerprint density at radius 1 is 0.976 bits per heavy atom. The fraction of sp³-hybridized carbons (Fsp3) is 0.377. The smallest absolute Gasteiger partial charge is 0.319 e. The molecule has 424 valence electrons. The van der Waals surface area contributed by atoms with E-state index in [0.29, 0.717) is 99.8 Å². The van der Waals surface area contributed by atoms with Gasteiger partial charge in [0, 0.05) is 84.3 Å². The van der Waals surface area contributed by atoms with Crippen LogP contribution in [0.25, 0.3) is 54.5 Å². The molecule has 12 rings (SSSR count). The van der Waals surface area contributed by atoms with Crippen LogP contribution in [0.5, 0.6) is 11.8 Å². The molecule has 4 N–H and O–H groups in total. The molecule has 21 heteroatoms. The number of nitriles is 1. The van der Waals surface area contributed by atoms with E-state index in [-0.39, 0.29) is 63.7 Å². The van der Waals surface area contributed by atoms with E-state index in [0.717, 1.165) is 78.9 Å². The maximum absolute atomic E-state index is 15.5. The molecular formula is C61H63ClF2N12O5S. The van der Waals surface area contributed by atoms with Gasteiger partial charge in [-0.25, -0.2) is 13.5 Å². The van der Waals surface area contributed by atoms with Crippen molar-refractivity contribution in [3.8, 4) is 51.3 Å². The van der Waals surface area contributed by atoms with Gasteiger partial charge in [0.1, 0.15) is 58.5 Å². The van der Waals surface area contributed by atoms with Crippen LogP contribution in [0.3, 0.4) is 0 Å². The minimum Gasteiger partial charge on any atom is -0.486 e. The van der Waals surface area contributed by atoms with Crippen LogP contribution in [0, 0.1) is 28.9 Å². The van der Waals surface area contributed by atoms with Gasteiger partial charge < -0.3 is 40.4 Å². The monoisotopic (exact) mass is 1150 g/mol. The fourth-order valence-electron chi connectivity index (χ4n) is 11.6. The molecule has 0 saturated carbocycles. The molecule has 4 aliphatic heterocycles. The Morgan fingerprint density at radius 3 is 2.40 bits per heavy atom. The number of nitrogens with one attached hydrogen (secondary N) is 2. The first-order chi connectivity index (χ1) is 39.8. The number of amides is 2. The number of likely N-dealkylation sites (tertiary alicyclic amines) is 1. The molecular weight excluding hydrogens is 1090 g/mol. The standard InChI is InChI=1S/C47H50ClFN10O4S.C14H13FN2O/c1-25(2)41(46(60)58-16-4-5-26(58)3)59-23-37(55-56-59)28-8-6-27(7-9-28)24-62-42-39(32-12-13-36(49)43-38(32)34(20-50)44(51)64-43)35(48)19-33-40(42)53-47(63-31-14-17-61-18-15-31)54-45(33)57-21-29-10-11-30(22-57)52-29;1-10(17-9-18)11-2-4-12(5-3-11)13-6-7-16-8-14(13)15/h6-9,12-13,19,23,25-26,29-31,41,52H,4-5,10-11,14-18,21-22,24,51H2,1-3H3;2-10H,1H3,(H,17,18). The molecule has 4 aliphatic rings. The zero-order valence-electron chi connectivity index (χ0n) is 45.9. The maximum atomic E-state index is 15.5. The van der Waals surface area contributed by atoms with Gasteiger partial charge in [-0.15, -0.1) is 16.4 Å². The van der Waals surface area contributed by atoms with Crippen molar-refractivity contribution in [3.63, 3.8) is 0 Å². The van der Waals surface area contributed by atoms with Crippen molar-refractivity contribution >= 4 is 67.1 Å². The molecule has 8 heterocycles. The van der Waals surface area contributed by atoms with Crippen LogP contribution in [-0.2, 0) is 20.9 Å². The fourth-order valence-corrected chi connectivity index (χ4v) is 12.9. The Labute approximate surface area is 482 Å². The van der Waals surface area contributed by atoms with Crippen LogP contribution in [0.2, 0.25) is 5.02 Å². The summed E-state index contributed by atoms with van der Waals surface area (Å²) in [7, 11) is 0. The molecule has 4 saturated heterocycles. The Balaban J connectivity index is 0.000000334. The molecule has 82 heavy (non-hydrogen) atoms. The number of thiophene rings is 1. The first kappa shape index (κ1) is 56.1. The van der Waals surface area contributed by atoms with Gasteiger partial charge in [0.05, 0.1) is 46.9 Å².